The lowest BCUT2D eigenvalue weighted by Gasteiger charge is -2.12. The third-order valence-corrected chi connectivity index (χ3v) is 1.70. The van der Waals surface area contributed by atoms with E-state index < -0.39 is 7.12 Å². The molecule has 0 aromatic heterocycles. The Kier molecular flexibility index (Phi) is 2.30. The van der Waals surface area contributed by atoms with Crippen molar-refractivity contribution < 1.29 is 10.0 Å². The lowest BCUT2D eigenvalue weighted by Crippen LogP contribution is -2.19. The molecule has 2 N–H and O–H groups in total. The first-order valence-electron chi connectivity index (χ1n) is 3.41. The lowest BCUT2D eigenvalue weighted by molar-refractivity contribution is 0.394. The monoisotopic (exact) mass is 138 g/mol. The zero-order valence-electron chi connectivity index (χ0n) is 5.99. The average Bonchev–Trinajstić information content (AvgIpc) is 1.88. The molecule has 0 aromatic carbocycles. The van der Waals surface area contributed by atoms with Gasteiger partial charge in [0.1, 0.15) is 0 Å². The number of rotatable bonds is 1. The first-order valence-corrected chi connectivity index (χ1v) is 3.41. The second kappa shape index (κ2) is 3.04. The van der Waals surface area contributed by atoms with Crippen LogP contribution in [0.1, 0.15) is 13.3 Å². The van der Waals surface area contributed by atoms with Gasteiger partial charge in [0.15, 0.2) is 0 Å². The van der Waals surface area contributed by atoms with E-state index in [2.05, 4.69) is 0 Å². The Hall–Kier alpha value is -0.535. The molecule has 54 valence electrons. The fourth-order valence-corrected chi connectivity index (χ4v) is 0.965. The predicted octanol–water partition coefficient (Wildman–Crippen LogP) is 0.736. The normalized spacial score (nSPS) is 24.3. The molecule has 1 aliphatic rings. The molecule has 0 bridgehead atoms. The Morgan fingerprint density at radius 3 is 2.70 bits per heavy atom. The molecular formula is C7H11BO2. The van der Waals surface area contributed by atoms with Crippen LogP contribution in [0.15, 0.2) is 23.8 Å². The molecule has 0 radical (unpaired) electrons. The van der Waals surface area contributed by atoms with Gasteiger partial charge in [-0.05, 0) is 13.3 Å². The van der Waals surface area contributed by atoms with E-state index in [1.807, 2.05) is 25.2 Å². The molecule has 1 rings (SSSR count). The highest BCUT2D eigenvalue weighted by atomic mass is 16.4. The largest absolute Gasteiger partial charge is 0.459 e. The van der Waals surface area contributed by atoms with Gasteiger partial charge in [-0.25, -0.2) is 0 Å². The van der Waals surface area contributed by atoms with E-state index in [-0.39, 0.29) is 5.82 Å². The molecule has 0 saturated heterocycles. The smallest absolute Gasteiger partial charge is 0.427 e. The van der Waals surface area contributed by atoms with Crippen molar-refractivity contribution in [2.24, 2.45) is 0 Å². The summed E-state index contributed by atoms with van der Waals surface area (Å²) in [5.74, 6) is -0.108. The topological polar surface area (TPSA) is 40.5 Å². The van der Waals surface area contributed by atoms with E-state index in [0.29, 0.717) is 0 Å². The third kappa shape index (κ3) is 1.72. The summed E-state index contributed by atoms with van der Waals surface area (Å²) in [7, 11) is -1.21. The van der Waals surface area contributed by atoms with Crippen molar-refractivity contribution >= 4 is 7.12 Å². The number of hydrogen-bond donors (Lipinski definition) is 2. The third-order valence-electron chi connectivity index (χ3n) is 1.70. The van der Waals surface area contributed by atoms with Crippen LogP contribution in [0.5, 0.6) is 0 Å². The molecule has 0 saturated carbocycles. The van der Waals surface area contributed by atoms with Gasteiger partial charge in [-0.2, -0.15) is 0 Å². The minimum absolute atomic E-state index is 0.108. The standard InChI is InChI=1S/C7H11BO2/c1-6-2-4-7(5-3-6)8(9)10/h2-4,7,9-10H,5H2,1H3/t7-/m1/s1. The van der Waals surface area contributed by atoms with E-state index in [1.165, 1.54) is 5.57 Å². The van der Waals surface area contributed by atoms with Crippen molar-refractivity contribution in [2.75, 3.05) is 0 Å². The molecule has 0 amide bonds. The van der Waals surface area contributed by atoms with Gasteiger partial charge in [0.2, 0.25) is 0 Å². The second-order valence-corrected chi connectivity index (χ2v) is 2.62. The number of hydrogen-bond acceptors (Lipinski definition) is 2. The molecule has 0 unspecified atom stereocenters. The van der Waals surface area contributed by atoms with Crippen LogP contribution in [0.25, 0.3) is 0 Å². The molecule has 1 aliphatic carbocycles. The summed E-state index contributed by atoms with van der Waals surface area (Å²) in [6, 6.07) is 0. The Bertz CT molecular complexity index is 172. The predicted molar refractivity (Wildman–Crippen MR) is 41.5 cm³/mol. The highest BCUT2D eigenvalue weighted by molar-refractivity contribution is 6.44. The minimum Gasteiger partial charge on any atom is -0.427 e. The SMILES string of the molecule is CC1=CC[C@H](B(O)O)C=C1. The fraction of sp³-hybridized carbons (Fsp3) is 0.429. The summed E-state index contributed by atoms with van der Waals surface area (Å²) in [5.41, 5.74) is 1.19. The molecule has 0 fully saturated rings. The average molecular weight is 138 g/mol. The van der Waals surface area contributed by atoms with E-state index in [4.69, 9.17) is 10.0 Å². The van der Waals surface area contributed by atoms with Crippen LogP contribution in [-0.4, -0.2) is 17.2 Å². The Morgan fingerprint density at radius 2 is 2.30 bits per heavy atom. The van der Waals surface area contributed by atoms with Gasteiger partial charge in [0.25, 0.3) is 0 Å². The first kappa shape index (κ1) is 7.57. The van der Waals surface area contributed by atoms with Gasteiger partial charge in [-0.15, -0.1) is 0 Å². The van der Waals surface area contributed by atoms with Crippen molar-refractivity contribution in [1.82, 2.24) is 0 Å². The van der Waals surface area contributed by atoms with Crippen molar-refractivity contribution in [3.05, 3.63) is 23.8 Å². The van der Waals surface area contributed by atoms with Crippen molar-refractivity contribution in [3.63, 3.8) is 0 Å². The maximum atomic E-state index is 8.74. The van der Waals surface area contributed by atoms with E-state index in [1.54, 1.807) is 0 Å². The Balaban J connectivity index is 2.52. The second-order valence-electron chi connectivity index (χ2n) is 2.62. The minimum atomic E-state index is -1.21. The zero-order valence-corrected chi connectivity index (χ0v) is 5.99. The van der Waals surface area contributed by atoms with E-state index in [9.17, 15) is 0 Å². The summed E-state index contributed by atoms with van der Waals surface area (Å²) in [4.78, 5) is 0. The fourth-order valence-electron chi connectivity index (χ4n) is 0.965. The molecule has 0 aromatic rings. The molecule has 10 heavy (non-hydrogen) atoms. The summed E-state index contributed by atoms with van der Waals surface area (Å²) in [6.45, 7) is 2.00. The maximum absolute atomic E-state index is 8.74. The summed E-state index contributed by atoms with van der Waals surface area (Å²) < 4.78 is 0. The van der Waals surface area contributed by atoms with Crippen LogP contribution in [0, 0.1) is 0 Å². The summed E-state index contributed by atoms with van der Waals surface area (Å²) in [6.07, 6.45) is 6.48. The van der Waals surface area contributed by atoms with Crippen LogP contribution in [0.4, 0.5) is 0 Å². The molecule has 0 heterocycles. The quantitative estimate of drug-likeness (QED) is 0.524. The van der Waals surface area contributed by atoms with Gasteiger partial charge >= 0.3 is 7.12 Å². The van der Waals surface area contributed by atoms with E-state index in [0.717, 1.165) is 6.42 Å². The van der Waals surface area contributed by atoms with Crippen LogP contribution in [-0.2, 0) is 0 Å². The molecule has 0 aliphatic heterocycles. The highest BCUT2D eigenvalue weighted by Crippen LogP contribution is 2.21. The van der Waals surface area contributed by atoms with Crippen LogP contribution in [0.3, 0.4) is 0 Å². The van der Waals surface area contributed by atoms with Crippen LogP contribution >= 0.6 is 0 Å². The molecule has 2 nitrogen and oxygen atoms in total. The zero-order chi connectivity index (χ0) is 7.56. The molecule has 3 heteroatoms. The van der Waals surface area contributed by atoms with Gasteiger partial charge in [-0.1, -0.05) is 23.8 Å². The number of allylic oxidation sites excluding steroid dienone is 4. The van der Waals surface area contributed by atoms with Crippen LogP contribution in [0.2, 0.25) is 5.82 Å². The Morgan fingerprint density at radius 1 is 1.60 bits per heavy atom. The van der Waals surface area contributed by atoms with Gasteiger partial charge in [-0.3, -0.25) is 0 Å². The maximum Gasteiger partial charge on any atom is 0.459 e. The Labute approximate surface area is 61.0 Å². The molecule has 0 spiro atoms. The lowest BCUT2D eigenvalue weighted by atomic mass is 9.69. The van der Waals surface area contributed by atoms with Crippen molar-refractivity contribution in [1.29, 1.82) is 0 Å². The molecule has 1 atom stereocenters. The van der Waals surface area contributed by atoms with E-state index >= 15 is 0 Å². The molecular weight excluding hydrogens is 127 g/mol. The van der Waals surface area contributed by atoms with Crippen LogP contribution < -0.4 is 0 Å². The van der Waals surface area contributed by atoms with Crippen molar-refractivity contribution in [3.8, 4) is 0 Å². The van der Waals surface area contributed by atoms with Gasteiger partial charge in [0, 0.05) is 5.82 Å². The highest BCUT2D eigenvalue weighted by Gasteiger charge is 2.20. The summed E-state index contributed by atoms with van der Waals surface area (Å²) in [5, 5.41) is 17.5. The first-order chi connectivity index (χ1) is 4.70. The summed E-state index contributed by atoms with van der Waals surface area (Å²) >= 11 is 0. The van der Waals surface area contributed by atoms with Gasteiger partial charge in [0.05, 0.1) is 0 Å². The van der Waals surface area contributed by atoms with Crippen molar-refractivity contribution in [2.45, 2.75) is 19.2 Å². The van der Waals surface area contributed by atoms with Gasteiger partial charge < -0.3 is 10.0 Å².